The van der Waals surface area contributed by atoms with Crippen molar-refractivity contribution in [1.82, 2.24) is 4.98 Å². The second-order valence-electron chi connectivity index (χ2n) is 4.38. The molecule has 2 rings (SSSR count). The molecule has 0 fully saturated rings. The van der Waals surface area contributed by atoms with Gasteiger partial charge in [0.25, 0.3) is 0 Å². The van der Waals surface area contributed by atoms with Crippen molar-refractivity contribution in [2.24, 2.45) is 0 Å². The van der Waals surface area contributed by atoms with Gasteiger partial charge in [0.2, 0.25) is 5.88 Å². The molecule has 0 radical (unpaired) electrons. The van der Waals surface area contributed by atoms with Gasteiger partial charge in [-0.3, -0.25) is 0 Å². The summed E-state index contributed by atoms with van der Waals surface area (Å²) in [5.74, 6) is 1.07. The Kier molecular flexibility index (Phi) is 3.87. The number of hydrogen-bond donors (Lipinski definition) is 0. The average molecular weight is 317 g/mol. The topological polar surface area (TPSA) is 45.9 Å². The number of ether oxygens (including phenoxy) is 1. The quantitative estimate of drug-likeness (QED) is 0.823. The van der Waals surface area contributed by atoms with E-state index in [9.17, 15) is 5.26 Å². The molecule has 0 unspecified atom stereocenters. The highest BCUT2D eigenvalue weighted by atomic mass is 79.9. The van der Waals surface area contributed by atoms with E-state index in [4.69, 9.17) is 4.74 Å². The van der Waals surface area contributed by atoms with E-state index in [1.807, 2.05) is 45.0 Å². The minimum Gasteiger partial charge on any atom is -0.437 e. The van der Waals surface area contributed by atoms with Gasteiger partial charge in [0.05, 0.1) is 0 Å². The number of nitrogens with zero attached hydrogens (tertiary/aromatic N) is 2. The molecule has 0 N–H and O–H groups in total. The smallest absolute Gasteiger partial charge is 0.237 e. The van der Waals surface area contributed by atoms with Crippen molar-refractivity contribution in [3.05, 3.63) is 51.1 Å². The van der Waals surface area contributed by atoms with Crippen LogP contribution < -0.4 is 4.74 Å². The predicted octanol–water partition coefficient (Wildman–Crippen LogP) is 4.43. The van der Waals surface area contributed by atoms with E-state index in [1.54, 1.807) is 0 Å². The Bertz CT molecular complexity index is 675. The number of aryl methyl sites for hydroxylation is 3. The summed E-state index contributed by atoms with van der Waals surface area (Å²) in [6.07, 6.45) is 0. The van der Waals surface area contributed by atoms with Crippen LogP contribution in [0.1, 0.15) is 22.4 Å². The summed E-state index contributed by atoms with van der Waals surface area (Å²) in [5.41, 5.74) is 3.17. The van der Waals surface area contributed by atoms with Gasteiger partial charge in [0, 0.05) is 10.2 Å². The van der Waals surface area contributed by atoms with Crippen molar-refractivity contribution in [2.45, 2.75) is 20.8 Å². The van der Waals surface area contributed by atoms with E-state index in [-0.39, 0.29) is 0 Å². The van der Waals surface area contributed by atoms with Gasteiger partial charge in [-0.05, 0) is 56.2 Å². The Morgan fingerprint density at radius 1 is 1.16 bits per heavy atom. The van der Waals surface area contributed by atoms with Crippen molar-refractivity contribution in [3.8, 4) is 17.7 Å². The molecular weight excluding hydrogens is 304 g/mol. The fourth-order valence-electron chi connectivity index (χ4n) is 1.84. The lowest BCUT2D eigenvalue weighted by Gasteiger charge is -2.11. The predicted molar refractivity (Wildman–Crippen MR) is 77.4 cm³/mol. The van der Waals surface area contributed by atoms with Crippen molar-refractivity contribution >= 4 is 15.9 Å². The first-order chi connectivity index (χ1) is 9.01. The standard InChI is InChI=1S/C15H13BrN2O/c1-9-6-11(3)18-15(13(9)8-17)19-14-5-4-12(16)7-10(14)2/h4-7H,1-3H3. The molecule has 1 aromatic carbocycles. The fourth-order valence-corrected chi connectivity index (χ4v) is 2.32. The summed E-state index contributed by atoms with van der Waals surface area (Å²) in [4.78, 5) is 4.31. The third-order valence-corrected chi connectivity index (χ3v) is 3.26. The Labute approximate surface area is 121 Å². The van der Waals surface area contributed by atoms with E-state index in [0.29, 0.717) is 17.2 Å². The first-order valence-electron chi connectivity index (χ1n) is 5.83. The highest BCUT2D eigenvalue weighted by molar-refractivity contribution is 9.10. The molecule has 19 heavy (non-hydrogen) atoms. The molecule has 0 atom stereocenters. The Morgan fingerprint density at radius 2 is 1.89 bits per heavy atom. The maximum atomic E-state index is 9.20. The minimum absolute atomic E-state index is 0.366. The van der Waals surface area contributed by atoms with Crippen LogP contribution in [0.25, 0.3) is 0 Å². The summed E-state index contributed by atoms with van der Waals surface area (Å²) in [6.45, 7) is 5.72. The molecule has 1 heterocycles. The number of aromatic nitrogens is 1. The third kappa shape index (κ3) is 2.94. The first-order valence-corrected chi connectivity index (χ1v) is 6.63. The monoisotopic (exact) mass is 316 g/mol. The number of hydrogen-bond acceptors (Lipinski definition) is 3. The summed E-state index contributed by atoms with van der Waals surface area (Å²) in [5, 5.41) is 9.20. The lowest BCUT2D eigenvalue weighted by atomic mass is 10.1. The maximum Gasteiger partial charge on any atom is 0.237 e. The molecule has 0 aliphatic carbocycles. The Hall–Kier alpha value is -1.86. The van der Waals surface area contributed by atoms with Gasteiger partial charge in [-0.25, -0.2) is 4.98 Å². The van der Waals surface area contributed by atoms with Crippen molar-refractivity contribution < 1.29 is 4.74 Å². The Balaban J connectivity index is 2.46. The summed E-state index contributed by atoms with van der Waals surface area (Å²) in [6, 6.07) is 9.74. The molecule has 2 aromatic rings. The summed E-state index contributed by atoms with van der Waals surface area (Å²) >= 11 is 3.41. The highest BCUT2D eigenvalue weighted by Gasteiger charge is 2.12. The van der Waals surface area contributed by atoms with Crippen LogP contribution in [0, 0.1) is 32.1 Å². The molecule has 1 aromatic heterocycles. The van der Waals surface area contributed by atoms with Crippen LogP contribution in [0.15, 0.2) is 28.7 Å². The first kappa shape index (κ1) is 13.6. The minimum atomic E-state index is 0.366. The van der Waals surface area contributed by atoms with E-state index in [0.717, 1.165) is 21.3 Å². The molecule has 3 nitrogen and oxygen atoms in total. The zero-order valence-corrected chi connectivity index (χ0v) is 12.6. The van der Waals surface area contributed by atoms with Crippen LogP contribution in [0.3, 0.4) is 0 Å². The van der Waals surface area contributed by atoms with Crippen LogP contribution in [-0.4, -0.2) is 4.98 Å². The van der Waals surface area contributed by atoms with E-state index < -0.39 is 0 Å². The van der Waals surface area contributed by atoms with Gasteiger partial charge >= 0.3 is 0 Å². The van der Waals surface area contributed by atoms with Crippen molar-refractivity contribution in [3.63, 3.8) is 0 Å². The molecule has 0 aliphatic heterocycles. The van der Waals surface area contributed by atoms with E-state index in [1.165, 1.54) is 0 Å². The van der Waals surface area contributed by atoms with E-state index >= 15 is 0 Å². The lowest BCUT2D eigenvalue weighted by Crippen LogP contribution is -1.97. The molecular formula is C15H13BrN2O. The van der Waals surface area contributed by atoms with Crippen LogP contribution >= 0.6 is 15.9 Å². The normalized spacial score (nSPS) is 10.1. The third-order valence-electron chi connectivity index (χ3n) is 2.77. The lowest BCUT2D eigenvalue weighted by molar-refractivity contribution is 0.456. The van der Waals surface area contributed by atoms with Crippen LogP contribution in [0.2, 0.25) is 0 Å². The summed E-state index contributed by atoms with van der Waals surface area (Å²) in [7, 11) is 0. The van der Waals surface area contributed by atoms with Crippen LogP contribution in [0.4, 0.5) is 0 Å². The molecule has 4 heteroatoms. The number of pyridine rings is 1. The van der Waals surface area contributed by atoms with Crippen LogP contribution in [-0.2, 0) is 0 Å². The zero-order valence-electron chi connectivity index (χ0n) is 11.0. The zero-order chi connectivity index (χ0) is 14.0. The molecule has 0 spiro atoms. The summed E-state index contributed by atoms with van der Waals surface area (Å²) < 4.78 is 6.79. The second kappa shape index (κ2) is 5.41. The van der Waals surface area contributed by atoms with Gasteiger partial charge in [-0.2, -0.15) is 5.26 Å². The van der Waals surface area contributed by atoms with Gasteiger partial charge in [0.1, 0.15) is 17.4 Å². The number of halogens is 1. The van der Waals surface area contributed by atoms with Crippen LogP contribution in [0.5, 0.6) is 11.6 Å². The second-order valence-corrected chi connectivity index (χ2v) is 5.30. The average Bonchev–Trinajstić information content (AvgIpc) is 2.32. The molecule has 0 amide bonds. The van der Waals surface area contributed by atoms with Crippen molar-refractivity contribution in [1.29, 1.82) is 5.26 Å². The number of rotatable bonds is 2. The fraction of sp³-hybridized carbons (Fsp3) is 0.200. The maximum absolute atomic E-state index is 9.20. The largest absolute Gasteiger partial charge is 0.437 e. The van der Waals surface area contributed by atoms with E-state index in [2.05, 4.69) is 27.0 Å². The number of benzene rings is 1. The Morgan fingerprint density at radius 3 is 2.53 bits per heavy atom. The molecule has 0 bridgehead atoms. The molecule has 0 saturated carbocycles. The molecule has 0 saturated heterocycles. The highest BCUT2D eigenvalue weighted by Crippen LogP contribution is 2.29. The van der Waals surface area contributed by atoms with Gasteiger partial charge in [-0.15, -0.1) is 0 Å². The van der Waals surface area contributed by atoms with Crippen molar-refractivity contribution in [2.75, 3.05) is 0 Å². The molecule has 96 valence electrons. The van der Waals surface area contributed by atoms with Gasteiger partial charge < -0.3 is 4.74 Å². The number of nitriles is 1. The SMILES string of the molecule is Cc1cc(C)c(C#N)c(Oc2ccc(Br)cc2C)n1. The van der Waals surface area contributed by atoms with Gasteiger partial charge in [0.15, 0.2) is 0 Å². The molecule has 0 aliphatic rings. The van der Waals surface area contributed by atoms with Gasteiger partial charge in [-0.1, -0.05) is 15.9 Å².